The van der Waals surface area contributed by atoms with Crippen LogP contribution in [-0.4, -0.2) is 106 Å². The van der Waals surface area contributed by atoms with Gasteiger partial charge in [-0.3, -0.25) is 19.3 Å². The van der Waals surface area contributed by atoms with Gasteiger partial charge in [-0.2, -0.15) is 0 Å². The number of rotatable bonds is 7. The summed E-state index contributed by atoms with van der Waals surface area (Å²) in [6.45, 7) is 10.6. The number of amides is 3. The summed E-state index contributed by atoms with van der Waals surface area (Å²) < 4.78 is 21.1. The molecule has 3 amide bonds. The lowest BCUT2D eigenvalue weighted by Gasteiger charge is -2.39. The number of hydrogen-bond donors (Lipinski definition) is 3. The molecule has 2 aliphatic rings. The summed E-state index contributed by atoms with van der Waals surface area (Å²) in [5.74, 6) is -0.538. The number of benzene rings is 2. The Morgan fingerprint density at radius 2 is 1.33 bits per heavy atom. The van der Waals surface area contributed by atoms with Crippen molar-refractivity contribution in [3.8, 4) is 0 Å². The molecule has 2 fully saturated rings. The molecule has 2 aromatic rings. The maximum absolute atomic E-state index is 12.6. The van der Waals surface area contributed by atoms with Crippen molar-refractivity contribution in [1.29, 1.82) is 0 Å². The molecule has 2 heterocycles. The summed E-state index contributed by atoms with van der Waals surface area (Å²) in [7, 11) is 3.16. The van der Waals surface area contributed by atoms with Crippen molar-refractivity contribution in [2.75, 3.05) is 47.0 Å². The second-order valence-corrected chi connectivity index (χ2v) is 13.2. The summed E-state index contributed by atoms with van der Waals surface area (Å²) in [5.41, 5.74) is 1.63. The Kier molecular flexibility index (Phi) is 23.1. The molecule has 0 bridgehead atoms. The number of likely N-dealkylation sites (N-methyl/N-ethyl adjacent to an activating group) is 2. The van der Waals surface area contributed by atoms with Crippen LogP contribution in [0.1, 0.15) is 45.7 Å². The Morgan fingerprint density at radius 3 is 1.75 bits per heavy atom. The Labute approximate surface area is 323 Å². The van der Waals surface area contributed by atoms with Gasteiger partial charge in [0.05, 0.1) is 32.4 Å². The van der Waals surface area contributed by atoms with E-state index in [0.29, 0.717) is 31.2 Å². The number of carbonyl (C=O) groups excluding carboxylic acids is 4. The SMILES string of the molecule is CCOC(C)=O.CNC(=O)[C@H]1CN(C(=O)OC(C)(C)C)[C@@H](Cc2ccc(Cl)cc2)CO1.CNC(=O)[C@H]1CN[C@@H](Cc2ccc(Cl)cc2)CO1.Cl.Cl. The van der Waals surface area contributed by atoms with Crippen LogP contribution in [0, 0.1) is 0 Å². The van der Waals surface area contributed by atoms with Crippen LogP contribution in [0.15, 0.2) is 48.5 Å². The zero-order valence-corrected chi connectivity index (χ0v) is 33.3. The minimum absolute atomic E-state index is 0. The quantitative estimate of drug-likeness (QED) is 0.329. The van der Waals surface area contributed by atoms with Crippen molar-refractivity contribution in [3.63, 3.8) is 0 Å². The number of nitrogens with one attached hydrogen (secondary N) is 3. The first-order chi connectivity index (χ1) is 23.1. The van der Waals surface area contributed by atoms with Crippen molar-refractivity contribution < 1.29 is 38.1 Å². The van der Waals surface area contributed by atoms with Gasteiger partial charge >= 0.3 is 12.1 Å². The molecule has 16 heteroatoms. The zero-order valence-electron chi connectivity index (χ0n) is 30.2. The predicted molar refractivity (Wildman–Crippen MR) is 203 cm³/mol. The first kappa shape index (κ1) is 48.2. The van der Waals surface area contributed by atoms with Crippen molar-refractivity contribution in [1.82, 2.24) is 20.9 Å². The van der Waals surface area contributed by atoms with Gasteiger partial charge in [0.1, 0.15) is 11.7 Å². The molecule has 3 N–H and O–H groups in total. The first-order valence-electron chi connectivity index (χ1n) is 16.2. The van der Waals surface area contributed by atoms with E-state index in [4.69, 9.17) is 37.4 Å². The van der Waals surface area contributed by atoms with Gasteiger partial charge in [-0.05, 0) is 75.9 Å². The Balaban J connectivity index is 0.000000843. The number of morpholine rings is 2. The van der Waals surface area contributed by atoms with Gasteiger partial charge in [-0.25, -0.2) is 4.79 Å². The van der Waals surface area contributed by atoms with Crippen LogP contribution in [0.25, 0.3) is 0 Å². The Hall–Kier alpha value is -2.84. The van der Waals surface area contributed by atoms with E-state index >= 15 is 0 Å². The molecule has 12 nitrogen and oxygen atoms in total. The van der Waals surface area contributed by atoms with E-state index in [1.54, 1.807) is 25.9 Å². The van der Waals surface area contributed by atoms with Crippen LogP contribution in [-0.2, 0) is 46.2 Å². The van der Waals surface area contributed by atoms with E-state index in [1.165, 1.54) is 12.5 Å². The third kappa shape index (κ3) is 18.5. The third-order valence-electron chi connectivity index (χ3n) is 7.22. The Bertz CT molecular complexity index is 1340. The van der Waals surface area contributed by atoms with Crippen molar-refractivity contribution in [3.05, 3.63) is 69.7 Å². The smallest absolute Gasteiger partial charge is 0.410 e. The number of carbonyl (C=O) groups is 4. The van der Waals surface area contributed by atoms with Gasteiger partial charge in [-0.15, -0.1) is 24.8 Å². The van der Waals surface area contributed by atoms with Crippen LogP contribution >= 0.6 is 48.0 Å². The van der Waals surface area contributed by atoms with Crippen LogP contribution < -0.4 is 16.0 Å². The lowest BCUT2D eigenvalue weighted by Crippen LogP contribution is -2.57. The van der Waals surface area contributed by atoms with E-state index in [1.807, 2.05) is 69.3 Å². The average Bonchev–Trinajstić information content (AvgIpc) is 3.06. The average molecular weight is 799 g/mol. The molecule has 51 heavy (non-hydrogen) atoms. The van der Waals surface area contributed by atoms with Crippen molar-refractivity contribution in [2.45, 2.75) is 77.4 Å². The molecule has 0 unspecified atom stereocenters. The minimum Gasteiger partial charge on any atom is -0.466 e. The third-order valence-corrected chi connectivity index (χ3v) is 7.72. The monoisotopic (exact) mass is 796 g/mol. The molecule has 0 aliphatic carbocycles. The molecule has 0 radical (unpaired) electrons. The molecular formula is C35H52Cl4N4O8. The minimum atomic E-state index is -0.695. The molecule has 2 saturated heterocycles. The highest BCUT2D eigenvalue weighted by molar-refractivity contribution is 6.30. The molecule has 4 atom stereocenters. The number of halogens is 4. The lowest BCUT2D eigenvalue weighted by molar-refractivity contribution is -0.141. The fourth-order valence-corrected chi connectivity index (χ4v) is 5.07. The summed E-state index contributed by atoms with van der Waals surface area (Å²) >= 11 is 11.8. The lowest BCUT2D eigenvalue weighted by atomic mass is 10.0. The Morgan fingerprint density at radius 1 is 0.843 bits per heavy atom. The second kappa shape index (κ2) is 24.4. The second-order valence-electron chi connectivity index (χ2n) is 12.3. The molecular weight excluding hydrogens is 746 g/mol. The van der Waals surface area contributed by atoms with E-state index in [9.17, 15) is 19.2 Å². The van der Waals surface area contributed by atoms with Crippen LogP contribution in [0.5, 0.6) is 0 Å². The van der Waals surface area contributed by atoms with E-state index < -0.39 is 17.8 Å². The number of esters is 1. The van der Waals surface area contributed by atoms with Gasteiger partial charge in [0.15, 0.2) is 6.10 Å². The van der Waals surface area contributed by atoms with Gasteiger partial charge in [0, 0.05) is 43.7 Å². The molecule has 0 aromatic heterocycles. The van der Waals surface area contributed by atoms with Gasteiger partial charge in [0.25, 0.3) is 5.91 Å². The fraction of sp³-hybridized carbons (Fsp3) is 0.543. The highest BCUT2D eigenvalue weighted by Gasteiger charge is 2.37. The first-order valence-corrected chi connectivity index (χ1v) is 16.9. The molecule has 2 aromatic carbocycles. The normalized spacial score (nSPS) is 19.5. The molecule has 288 valence electrons. The summed E-state index contributed by atoms with van der Waals surface area (Å²) in [5, 5.41) is 9.87. The molecule has 0 spiro atoms. The molecule has 2 aliphatic heterocycles. The van der Waals surface area contributed by atoms with Crippen LogP contribution in [0.3, 0.4) is 0 Å². The highest BCUT2D eigenvalue weighted by Crippen LogP contribution is 2.21. The number of ether oxygens (including phenoxy) is 4. The molecule has 4 rings (SSSR count). The van der Waals surface area contributed by atoms with E-state index in [-0.39, 0.29) is 73.9 Å². The number of hydrogen-bond acceptors (Lipinski definition) is 9. The summed E-state index contributed by atoms with van der Waals surface area (Å²) in [6.07, 6.45) is -0.0479. The van der Waals surface area contributed by atoms with E-state index in [2.05, 4.69) is 20.7 Å². The van der Waals surface area contributed by atoms with Crippen LogP contribution in [0.4, 0.5) is 4.79 Å². The number of nitrogens with zero attached hydrogens (tertiary/aromatic N) is 1. The fourth-order valence-electron chi connectivity index (χ4n) is 4.82. The summed E-state index contributed by atoms with van der Waals surface area (Å²) in [4.78, 5) is 47.3. The standard InChI is InChI=1S/C18H25ClN2O4.C13H17ClN2O2.C4H8O2.2ClH/c1-18(2,3)25-17(23)21-10-15(16(22)20-4)24-11-14(21)9-12-5-7-13(19)8-6-12;1-15-13(17)12-7-16-11(8-18-12)6-9-2-4-10(14)5-3-9;1-3-6-4(2)5;;/h5-8,14-15H,9-11H2,1-4H3,(H,20,22);2-5,11-12,16H,6-8H2,1H3,(H,15,17);3H2,1-2H3;2*1H/t14-,15+;11-,12+;;;/m00.../s1. The van der Waals surface area contributed by atoms with Crippen LogP contribution in [0.2, 0.25) is 10.0 Å². The van der Waals surface area contributed by atoms with Gasteiger partial charge in [-0.1, -0.05) is 47.5 Å². The predicted octanol–water partition coefficient (Wildman–Crippen LogP) is 5.03. The zero-order chi connectivity index (χ0) is 36.6. The summed E-state index contributed by atoms with van der Waals surface area (Å²) in [6, 6.07) is 15.3. The highest BCUT2D eigenvalue weighted by atomic mass is 35.5. The molecule has 0 saturated carbocycles. The van der Waals surface area contributed by atoms with Crippen molar-refractivity contribution in [2.24, 2.45) is 0 Å². The maximum Gasteiger partial charge on any atom is 0.410 e. The van der Waals surface area contributed by atoms with Crippen molar-refractivity contribution >= 4 is 71.9 Å². The largest absolute Gasteiger partial charge is 0.466 e. The maximum atomic E-state index is 12.6. The van der Waals surface area contributed by atoms with Gasteiger partial charge < -0.3 is 34.9 Å². The van der Waals surface area contributed by atoms with E-state index in [0.717, 1.165) is 17.0 Å². The van der Waals surface area contributed by atoms with Gasteiger partial charge in [0.2, 0.25) is 5.91 Å². The topological polar surface area (TPSA) is 145 Å².